The number of hydrogen-bond acceptors (Lipinski definition) is 5. The number of benzene rings is 1. The average Bonchev–Trinajstić information content (AvgIpc) is 2.81. The van der Waals surface area contributed by atoms with Crippen LogP contribution in [0.2, 0.25) is 5.02 Å². The van der Waals surface area contributed by atoms with Gasteiger partial charge in [-0.15, -0.1) is 0 Å². The number of halogens is 2. The molecule has 0 bridgehead atoms. The van der Waals surface area contributed by atoms with Crippen LogP contribution in [-0.4, -0.2) is 47.7 Å². The predicted octanol–water partition coefficient (Wildman–Crippen LogP) is 2.31. The molecular weight excluding hydrogens is 508 g/mol. The zero-order valence-corrected chi connectivity index (χ0v) is 20.3. The van der Waals surface area contributed by atoms with Crippen LogP contribution in [0.15, 0.2) is 59.7 Å². The van der Waals surface area contributed by atoms with Crippen molar-refractivity contribution in [3.05, 3.63) is 81.6 Å². The molecule has 0 saturated heterocycles. The number of fused-ring (bicyclic) bond motifs is 1. The van der Waals surface area contributed by atoms with Crippen molar-refractivity contribution in [3.63, 3.8) is 0 Å². The first-order valence-corrected chi connectivity index (χ1v) is 12.7. The van der Waals surface area contributed by atoms with Gasteiger partial charge < -0.3 is 0 Å². The quantitative estimate of drug-likeness (QED) is 0.373. The Morgan fingerprint density at radius 3 is 2.79 bits per heavy atom. The van der Waals surface area contributed by atoms with Crippen LogP contribution in [0.1, 0.15) is 12.5 Å². The summed E-state index contributed by atoms with van der Waals surface area (Å²) < 4.78 is 15.8. The minimum atomic E-state index is -0.445. The van der Waals surface area contributed by atoms with Crippen molar-refractivity contribution in [3.8, 4) is 11.3 Å². The minimum absolute atomic E-state index is 0.0964. The third-order valence-electron chi connectivity index (χ3n) is 4.83. The fourth-order valence-corrected chi connectivity index (χ4v) is 5.31. The van der Waals surface area contributed by atoms with Crippen molar-refractivity contribution in [2.24, 2.45) is 0 Å². The van der Waals surface area contributed by atoms with Crippen LogP contribution >= 0.6 is 11.6 Å². The van der Waals surface area contributed by atoms with Gasteiger partial charge in [-0.1, -0.05) is 0 Å². The van der Waals surface area contributed by atoms with Gasteiger partial charge in [0.05, 0.1) is 0 Å². The third kappa shape index (κ3) is 5.46. The number of carbonyl (C=O) groups excluding carboxylic acids is 1. The number of pyridine rings is 2. The van der Waals surface area contributed by atoms with Crippen LogP contribution in [-0.2, 0) is 16.5 Å². The third-order valence-corrected chi connectivity index (χ3v) is 7.42. The van der Waals surface area contributed by atoms with Gasteiger partial charge in [-0.05, 0) is 0 Å². The van der Waals surface area contributed by atoms with Gasteiger partial charge in [0.15, 0.2) is 0 Å². The molecule has 1 amide bonds. The van der Waals surface area contributed by atoms with Crippen LogP contribution in [0, 0.1) is 5.82 Å². The molecule has 0 aliphatic carbocycles. The molecular formula is C23H19AsClFN5O2. The molecule has 7 nitrogen and oxygen atoms in total. The fourth-order valence-electron chi connectivity index (χ4n) is 3.25. The van der Waals surface area contributed by atoms with E-state index < -0.39 is 21.6 Å². The average molecular weight is 527 g/mol. The maximum absolute atomic E-state index is 13.4. The van der Waals surface area contributed by atoms with E-state index in [0.29, 0.717) is 21.9 Å². The maximum atomic E-state index is 13.4. The molecule has 4 aromatic rings. The molecule has 10 heteroatoms. The van der Waals surface area contributed by atoms with Crippen molar-refractivity contribution < 1.29 is 9.18 Å². The van der Waals surface area contributed by atoms with Crippen LogP contribution < -0.4 is 15.4 Å². The summed E-state index contributed by atoms with van der Waals surface area (Å²) in [5, 5.41) is 3.52. The second kappa shape index (κ2) is 10.2. The summed E-state index contributed by atoms with van der Waals surface area (Å²) in [7, 11) is 0. The number of amides is 1. The second-order valence-electron chi connectivity index (χ2n) is 7.22. The summed E-state index contributed by atoms with van der Waals surface area (Å²) in [5.74, 6) is -0.621. The Kier molecular flexibility index (Phi) is 7.16. The molecule has 0 unspecified atom stereocenters. The van der Waals surface area contributed by atoms with Gasteiger partial charge in [0.25, 0.3) is 0 Å². The number of nitrogens with one attached hydrogen (secondary N) is 1. The molecule has 1 aromatic carbocycles. The number of aromatic nitrogens is 4. The summed E-state index contributed by atoms with van der Waals surface area (Å²) in [6.45, 7) is 1.97. The van der Waals surface area contributed by atoms with E-state index in [1.807, 2.05) is 12.1 Å². The summed E-state index contributed by atoms with van der Waals surface area (Å²) in [6.07, 6.45) is 3.22. The molecule has 3 aromatic heterocycles. The number of carbonyl (C=O) groups is 1. The molecule has 1 N–H and O–H groups in total. The molecule has 0 atom stereocenters. The normalized spacial score (nSPS) is 11.4. The van der Waals surface area contributed by atoms with Crippen molar-refractivity contribution in [2.75, 3.05) is 6.54 Å². The second-order valence-corrected chi connectivity index (χ2v) is 9.91. The zero-order chi connectivity index (χ0) is 23.4. The van der Waals surface area contributed by atoms with Crippen LogP contribution in [0.5, 0.6) is 0 Å². The topological polar surface area (TPSA) is 89.8 Å². The molecule has 0 spiro atoms. The first kappa shape index (κ1) is 23.1. The number of rotatable bonds is 7. The van der Waals surface area contributed by atoms with Crippen molar-refractivity contribution in [1.29, 1.82) is 0 Å². The van der Waals surface area contributed by atoms with Crippen LogP contribution in [0.3, 0.4) is 0 Å². The van der Waals surface area contributed by atoms with E-state index in [1.165, 1.54) is 13.0 Å². The Hall–Kier alpha value is -3.09. The molecule has 0 aliphatic heterocycles. The van der Waals surface area contributed by atoms with Gasteiger partial charge in [-0.25, -0.2) is 0 Å². The first-order valence-electron chi connectivity index (χ1n) is 10.1. The predicted molar refractivity (Wildman–Crippen MR) is 126 cm³/mol. The fraction of sp³-hybridized carbons (Fsp3) is 0.174. The van der Waals surface area contributed by atoms with Gasteiger partial charge in [0.1, 0.15) is 0 Å². The van der Waals surface area contributed by atoms with Crippen molar-refractivity contribution in [1.82, 2.24) is 24.8 Å². The molecule has 33 heavy (non-hydrogen) atoms. The monoisotopic (exact) mass is 526 g/mol. The first-order chi connectivity index (χ1) is 15.9. The van der Waals surface area contributed by atoms with Gasteiger partial charge in [0.2, 0.25) is 0 Å². The molecule has 4 rings (SSSR count). The number of nitrogens with zero attached hydrogens (tertiary/aromatic N) is 4. The molecule has 1 radical (unpaired) electrons. The van der Waals surface area contributed by atoms with Crippen molar-refractivity contribution >= 4 is 48.9 Å². The van der Waals surface area contributed by atoms with Gasteiger partial charge in [0, 0.05) is 0 Å². The molecule has 0 fully saturated rings. The van der Waals surface area contributed by atoms with E-state index in [4.69, 9.17) is 16.6 Å². The van der Waals surface area contributed by atoms with Crippen LogP contribution in [0.25, 0.3) is 22.4 Å². The molecule has 0 saturated carbocycles. The zero-order valence-electron chi connectivity index (χ0n) is 17.6. The molecule has 167 valence electrons. The van der Waals surface area contributed by atoms with Gasteiger partial charge >= 0.3 is 201 Å². The van der Waals surface area contributed by atoms with Gasteiger partial charge in [-0.2, -0.15) is 0 Å². The van der Waals surface area contributed by atoms with E-state index in [9.17, 15) is 14.0 Å². The van der Waals surface area contributed by atoms with Crippen molar-refractivity contribution in [2.45, 2.75) is 18.7 Å². The number of hydrogen-bond donors (Lipinski definition) is 1. The van der Waals surface area contributed by atoms with E-state index >= 15 is 0 Å². The van der Waals surface area contributed by atoms with E-state index in [-0.39, 0.29) is 35.3 Å². The van der Waals surface area contributed by atoms with E-state index in [0.717, 1.165) is 10.0 Å². The summed E-state index contributed by atoms with van der Waals surface area (Å²) in [6, 6.07) is 12.0. The summed E-state index contributed by atoms with van der Waals surface area (Å²) in [4.78, 5) is 38.0. The Morgan fingerprint density at radius 2 is 2.06 bits per heavy atom. The summed E-state index contributed by atoms with van der Waals surface area (Å²) >= 11 is 5.49. The Bertz CT molecular complexity index is 1380. The van der Waals surface area contributed by atoms with Gasteiger partial charge in [-0.3, -0.25) is 0 Å². The SMILES string of the molecule is CC(=O)NCCn1c(=O)c(-c2cccnc2)nc2ccc([As]Cc3ccc(F)c(Cl)c3)nc21. The standard InChI is InChI=1S/C23H19AsClFN5O2/c1-14(32)28-9-10-31-22-19(29-21(23(31)33)16-3-2-8-27-13-16)6-7-20(30-22)24-12-15-4-5-18(26)17(25)11-15/h2-8,11,13H,9-10,12H2,1H3,(H,28,32). The molecule has 3 heterocycles. The van der Waals surface area contributed by atoms with Crippen LogP contribution in [0.4, 0.5) is 4.39 Å². The van der Waals surface area contributed by atoms with E-state index in [1.54, 1.807) is 41.2 Å². The molecule has 0 aliphatic rings. The summed E-state index contributed by atoms with van der Waals surface area (Å²) in [5.41, 5.74) is 2.56. The Labute approximate surface area is 200 Å². The Morgan fingerprint density at radius 1 is 1.21 bits per heavy atom. The Balaban J connectivity index is 1.71. The van der Waals surface area contributed by atoms with E-state index in [2.05, 4.69) is 15.3 Å².